The van der Waals surface area contributed by atoms with Gasteiger partial charge in [-0.25, -0.2) is 9.07 Å². The Bertz CT molecular complexity index is 1610. The molecule has 2 aromatic carbocycles. The average molecular weight is 643 g/mol. The molecule has 4 heterocycles. The fourth-order valence-electron chi connectivity index (χ4n) is 6.48. The number of ether oxygens (including phenoxy) is 1. The van der Waals surface area contributed by atoms with Gasteiger partial charge in [-0.15, -0.1) is 0 Å². The van der Waals surface area contributed by atoms with Gasteiger partial charge in [0.15, 0.2) is 5.69 Å². The zero-order chi connectivity index (χ0) is 32.6. The minimum absolute atomic E-state index is 0.113. The Balaban J connectivity index is 1.52. The molecule has 1 aromatic heterocycles. The molecule has 2 saturated heterocycles. The number of amides is 3. The number of carbonyl (C=O) groups excluding carboxylic acids is 3. The smallest absolute Gasteiger partial charge is 0.381 e. The van der Waals surface area contributed by atoms with Crippen LogP contribution in [0.15, 0.2) is 48.5 Å². The van der Waals surface area contributed by atoms with Gasteiger partial charge in [0, 0.05) is 63.0 Å². The van der Waals surface area contributed by atoms with Crippen LogP contribution < -0.4 is 15.5 Å². The van der Waals surface area contributed by atoms with Crippen molar-refractivity contribution in [3.05, 3.63) is 82.3 Å². The molecule has 14 heteroatoms. The third kappa shape index (κ3) is 5.98. The first-order chi connectivity index (χ1) is 22.1. The first-order valence-corrected chi connectivity index (χ1v) is 15.3. The predicted molar refractivity (Wildman–Crippen MR) is 159 cm³/mol. The van der Waals surface area contributed by atoms with Crippen LogP contribution in [-0.4, -0.2) is 84.4 Å². The van der Waals surface area contributed by atoms with Crippen LogP contribution in [0, 0.1) is 5.82 Å². The number of aromatic nitrogens is 2. The first kappa shape index (κ1) is 31.7. The van der Waals surface area contributed by atoms with Crippen LogP contribution in [0.3, 0.4) is 0 Å². The van der Waals surface area contributed by atoms with Crippen LogP contribution in [-0.2, 0) is 15.7 Å². The van der Waals surface area contributed by atoms with E-state index in [2.05, 4.69) is 10.6 Å². The number of carbonyl (C=O) groups is 3. The van der Waals surface area contributed by atoms with E-state index in [0.717, 1.165) is 18.2 Å². The van der Waals surface area contributed by atoms with Gasteiger partial charge >= 0.3 is 6.18 Å². The summed E-state index contributed by atoms with van der Waals surface area (Å²) in [5.74, 6) is -2.89. The molecule has 2 unspecified atom stereocenters. The highest BCUT2D eigenvalue weighted by Crippen LogP contribution is 2.45. The number of piperazine rings is 1. The van der Waals surface area contributed by atoms with Gasteiger partial charge in [0.2, 0.25) is 0 Å². The second-order valence-corrected chi connectivity index (χ2v) is 11.6. The van der Waals surface area contributed by atoms with E-state index in [1.54, 1.807) is 16.5 Å². The third-order valence-corrected chi connectivity index (χ3v) is 8.78. The molecule has 3 aliphatic heterocycles. The summed E-state index contributed by atoms with van der Waals surface area (Å²) in [5.41, 5.74) is -0.352. The number of anilines is 1. The Morgan fingerprint density at radius 2 is 1.76 bits per heavy atom. The van der Waals surface area contributed by atoms with Crippen LogP contribution >= 0.6 is 0 Å². The molecule has 2 fully saturated rings. The summed E-state index contributed by atoms with van der Waals surface area (Å²) >= 11 is 0. The lowest BCUT2D eigenvalue weighted by molar-refractivity contribution is -0.137. The topological polar surface area (TPSA) is 109 Å². The van der Waals surface area contributed by atoms with E-state index in [9.17, 15) is 31.9 Å². The number of benzene rings is 2. The summed E-state index contributed by atoms with van der Waals surface area (Å²) in [6, 6.07) is 7.80. The van der Waals surface area contributed by atoms with Gasteiger partial charge in [-0.3, -0.25) is 19.3 Å². The largest absolute Gasteiger partial charge is 0.416 e. The standard InChI is InChI=1S/C32H34F4N6O4/c1-2-41-29-25(27(30(44)40-14-12-37-13-15-40)39-42(29)23-10-16-46-17-11-23)24(19-6-8-22(33)9-7-19)26(31(41)45)38-28(43)20-4-3-5-21(18-20)32(34,35)36/h3-9,18,23-24,26,37H,2,10-17H2,1H3,(H,38,43). The molecule has 244 valence electrons. The van der Waals surface area contributed by atoms with Crippen molar-refractivity contribution in [1.29, 1.82) is 0 Å². The Morgan fingerprint density at radius 1 is 1.07 bits per heavy atom. The molecule has 3 amide bonds. The SMILES string of the molecule is CCN1C(=O)C(NC(=O)c2cccc(C(F)(F)F)c2)C(c2ccc(F)cc2)c2c(C(=O)N3CCNCC3)nn(C3CCOCC3)c21. The highest BCUT2D eigenvalue weighted by Gasteiger charge is 2.48. The fourth-order valence-corrected chi connectivity index (χ4v) is 6.48. The number of nitrogens with zero attached hydrogens (tertiary/aromatic N) is 4. The van der Waals surface area contributed by atoms with Crippen molar-refractivity contribution in [3.8, 4) is 0 Å². The maximum atomic E-state index is 14.4. The summed E-state index contributed by atoms with van der Waals surface area (Å²) in [5, 5.41) is 10.8. The van der Waals surface area contributed by atoms with E-state index in [1.807, 2.05) is 0 Å². The number of rotatable bonds is 6. The number of hydrogen-bond acceptors (Lipinski definition) is 6. The van der Waals surface area contributed by atoms with Gasteiger partial charge in [0.05, 0.1) is 11.6 Å². The summed E-state index contributed by atoms with van der Waals surface area (Å²) in [7, 11) is 0. The second-order valence-electron chi connectivity index (χ2n) is 11.6. The van der Waals surface area contributed by atoms with Crippen molar-refractivity contribution < 1.29 is 36.7 Å². The summed E-state index contributed by atoms with van der Waals surface area (Å²) < 4.78 is 61.9. The molecule has 6 rings (SSSR count). The molecule has 3 aliphatic rings. The normalized spacial score (nSPS) is 20.8. The molecule has 2 atom stereocenters. The van der Waals surface area contributed by atoms with Crippen LogP contribution in [0.4, 0.5) is 23.4 Å². The van der Waals surface area contributed by atoms with Crippen molar-refractivity contribution in [1.82, 2.24) is 25.3 Å². The molecule has 2 N–H and O–H groups in total. The van der Waals surface area contributed by atoms with Gasteiger partial charge in [-0.2, -0.15) is 18.3 Å². The van der Waals surface area contributed by atoms with Crippen molar-refractivity contribution >= 4 is 23.5 Å². The monoisotopic (exact) mass is 642 g/mol. The average Bonchev–Trinajstić information content (AvgIpc) is 3.45. The molecule has 10 nitrogen and oxygen atoms in total. The van der Waals surface area contributed by atoms with Gasteiger partial charge in [-0.1, -0.05) is 18.2 Å². The van der Waals surface area contributed by atoms with E-state index in [1.165, 1.54) is 35.2 Å². The lowest BCUT2D eigenvalue weighted by atomic mass is 9.80. The molecule has 0 saturated carbocycles. The number of nitrogens with one attached hydrogen (secondary N) is 2. The summed E-state index contributed by atoms with van der Waals surface area (Å²) in [6.07, 6.45) is -3.49. The molecule has 0 bridgehead atoms. The highest BCUT2D eigenvalue weighted by atomic mass is 19.4. The molecule has 0 aliphatic carbocycles. The van der Waals surface area contributed by atoms with Crippen LogP contribution in [0.25, 0.3) is 0 Å². The molecule has 0 spiro atoms. The predicted octanol–water partition coefficient (Wildman–Crippen LogP) is 3.73. The molecule has 3 aromatic rings. The fraction of sp³-hybridized carbons (Fsp3) is 0.438. The zero-order valence-corrected chi connectivity index (χ0v) is 25.1. The third-order valence-electron chi connectivity index (χ3n) is 8.78. The van der Waals surface area contributed by atoms with E-state index in [0.29, 0.717) is 69.2 Å². The minimum Gasteiger partial charge on any atom is -0.381 e. The Labute approximate surface area is 262 Å². The molecular weight excluding hydrogens is 608 g/mol. The maximum absolute atomic E-state index is 14.4. The van der Waals surface area contributed by atoms with E-state index >= 15 is 0 Å². The summed E-state index contributed by atoms with van der Waals surface area (Å²) in [6.45, 7) is 4.90. The Morgan fingerprint density at radius 3 is 2.41 bits per heavy atom. The number of fused-ring (bicyclic) bond motifs is 1. The van der Waals surface area contributed by atoms with Crippen molar-refractivity contribution in [2.75, 3.05) is 50.8 Å². The lowest BCUT2D eigenvalue weighted by Gasteiger charge is -2.39. The number of alkyl halides is 3. The lowest BCUT2D eigenvalue weighted by Crippen LogP contribution is -2.56. The van der Waals surface area contributed by atoms with Gasteiger partial charge < -0.3 is 20.3 Å². The quantitative estimate of drug-likeness (QED) is 0.397. The van der Waals surface area contributed by atoms with Crippen molar-refractivity contribution in [2.45, 2.75) is 43.9 Å². The van der Waals surface area contributed by atoms with E-state index in [4.69, 9.17) is 9.84 Å². The van der Waals surface area contributed by atoms with Crippen LogP contribution in [0.1, 0.15) is 69.3 Å². The maximum Gasteiger partial charge on any atom is 0.416 e. The Kier molecular flexibility index (Phi) is 8.84. The van der Waals surface area contributed by atoms with Crippen molar-refractivity contribution in [3.63, 3.8) is 0 Å². The number of hydrogen-bond donors (Lipinski definition) is 2. The van der Waals surface area contributed by atoms with Crippen molar-refractivity contribution in [2.24, 2.45) is 0 Å². The highest BCUT2D eigenvalue weighted by molar-refractivity contribution is 6.07. The first-order valence-electron chi connectivity index (χ1n) is 15.3. The minimum atomic E-state index is -4.68. The number of likely N-dealkylation sites (N-methyl/N-ethyl adjacent to an activating group) is 1. The van der Waals surface area contributed by atoms with Gasteiger partial charge in [-0.05, 0) is 55.7 Å². The summed E-state index contributed by atoms with van der Waals surface area (Å²) in [4.78, 5) is 45.3. The second kappa shape index (κ2) is 12.8. The van der Waals surface area contributed by atoms with E-state index < -0.39 is 41.3 Å². The van der Waals surface area contributed by atoms with Crippen LogP contribution in [0.5, 0.6) is 0 Å². The molecular formula is C32H34F4N6O4. The number of halogens is 4. The zero-order valence-electron chi connectivity index (χ0n) is 25.1. The van der Waals surface area contributed by atoms with E-state index in [-0.39, 0.29) is 29.8 Å². The van der Waals surface area contributed by atoms with Crippen LogP contribution in [0.2, 0.25) is 0 Å². The van der Waals surface area contributed by atoms with Gasteiger partial charge in [0.1, 0.15) is 17.7 Å². The molecule has 46 heavy (non-hydrogen) atoms. The Hall–Kier alpha value is -4.30. The molecule has 0 radical (unpaired) electrons. The van der Waals surface area contributed by atoms with Gasteiger partial charge in [0.25, 0.3) is 17.7 Å².